The van der Waals surface area contributed by atoms with Crippen molar-refractivity contribution in [2.24, 2.45) is 5.92 Å². The van der Waals surface area contributed by atoms with Crippen molar-refractivity contribution >= 4 is 12.0 Å². The van der Waals surface area contributed by atoms with Crippen molar-refractivity contribution < 1.29 is 14.7 Å². The van der Waals surface area contributed by atoms with E-state index in [1.807, 2.05) is 6.92 Å². The first-order valence-electron chi connectivity index (χ1n) is 5.75. The predicted molar refractivity (Wildman–Crippen MR) is 66.9 cm³/mol. The van der Waals surface area contributed by atoms with Crippen molar-refractivity contribution in [1.82, 2.24) is 10.2 Å². The van der Waals surface area contributed by atoms with E-state index < -0.39 is 5.97 Å². The van der Waals surface area contributed by atoms with Crippen molar-refractivity contribution in [1.29, 1.82) is 0 Å². The van der Waals surface area contributed by atoms with Crippen molar-refractivity contribution in [2.75, 3.05) is 13.1 Å². The van der Waals surface area contributed by atoms with E-state index in [-0.39, 0.29) is 25.2 Å². The average molecular weight is 242 g/mol. The summed E-state index contributed by atoms with van der Waals surface area (Å²) in [5, 5.41) is 11.5. The molecule has 5 nitrogen and oxygen atoms in total. The molecule has 0 aromatic heterocycles. The van der Waals surface area contributed by atoms with E-state index in [2.05, 4.69) is 25.7 Å². The molecule has 0 fully saturated rings. The number of hydrogen-bond donors (Lipinski definition) is 2. The molecule has 98 valence electrons. The summed E-state index contributed by atoms with van der Waals surface area (Å²) in [5.74, 6) is -0.545. The second kappa shape index (κ2) is 7.70. The number of nitrogens with zero attached hydrogens (tertiary/aromatic N) is 1. The summed E-state index contributed by atoms with van der Waals surface area (Å²) in [6.07, 6.45) is 2.37. The minimum atomic E-state index is -1.03. The molecule has 0 aliphatic heterocycles. The summed E-state index contributed by atoms with van der Waals surface area (Å²) >= 11 is 0. The minimum absolute atomic E-state index is 0.0311. The lowest BCUT2D eigenvalue weighted by Gasteiger charge is -2.23. The number of rotatable bonds is 7. The number of hydrogen-bond acceptors (Lipinski definition) is 2. The zero-order chi connectivity index (χ0) is 13.4. The maximum absolute atomic E-state index is 11.8. The number of aliphatic carboxylic acids is 1. The first-order chi connectivity index (χ1) is 7.86. The van der Waals surface area contributed by atoms with E-state index in [1.54, 1.807) is 0 Å². The van der Waals surface area contributed by atoms with Crippen LogP contribution in [0.2, 0.25) is 0 Å². The Bertz CT molecular complexity index is 277. The van der Waals surface area contributed by atoms with Crippen LogP contribution < -0.4 is 5.32 Å². The molecule has 0 saturated heterocycles. The monoisotopic (exact) mass is 242 g/mol. The van der Waals surface area contributed by atoms with Crippen LogP contribution in [0.3, 0.4) is 0 Å². The summed E-state index contributed by atoms with van der Waals surface area (Å²) in [6, 6.07) is -0.330. The highest BCUT2D eigenvalue weighted by molar-refractivity contribution is 5.80. The van der Waals surface area contributed by atoms with Crippen LogP contribution in [0.15, 0.2) is 12.7 Å². The van der Waals surface area contributed by atoms with Crippen LogP contribution in [0.4, 0.5) is 4.79 Å². The quantitative estimate of drug-likeness (QED) is 0.668. The molecule has 0 aliphatic carbocycles. The molecule has 0 saturated carbocycles. The number of carboxylic acids is 1. The van der Waals surface area contributed by atoms with E-state index in [0.717, 1.165) is 6.42 Å². The first kappa shape index (κ1) is 15.5. The van der Waals surface area contributed by atoms with Gasteiger partial charge in [-0.2, -0.15) is 0 Å². The molecule has 0 radical (unpaired) electrons. The van der Waals surface area contributed by atoms with Crippen LogP contribution in [0, 0.1) is 5.92 Å². The van der Waals surface area contributed by atoms with Gasteiger partial charge in [0.2, 0.25) is 0 Å². The normalized spacial score (nSPS) is 12.0. The number of urea groups is 1. The standard InChI is InChI=1S/C12H22N2O3/c1-5-6-14(8-11(15)16)12(17)13-10(4)7-9(2)3/h5,9-10H,1,6-8H2,2-4H3,(H,13,17)(H,15,16). The molecule has 5 heteroatoms. The highest BCUT2D eigenvalue weighted by Gasteiger charge is 2.17. The van der Waals surface area contributed by atoms with Crippen molar-refractivity contribution in [3.05, 3.63) is 12.7 Å². The van der Waals surface area contributed by atoms with Gasteiger partial charge in [-0.05, 0) is 19.3 Å². The largest absolute Gasteiger partial charge is 0.480 e. The Kier molecular flexibility index (Phi) is 7.02. The molecule has 0 bridgehead atoms. The molecule has 0 aliphatic rings. The molecule has 1 unspecified atom stereocenters. The van der Waals surface area contributed by atoms with Gasteiger partial charge in [-0.25, -0.2) is 4.79 Å². The third-order valence-electron chi connectivity index (χ3n) is 2.16. The summed E-state index contributed by atoms with van der Waals surface area (Å²) in [4.78, 5) is 23.6. The van der Waals surface area contributed by atoms with E-state index in [0.29, 0.717) is 5.92 Å². The average Bonchev–Trinajstić information content (AvgIpc) is 2.14. The fourth-order valence-electron chi connectivity index (χ4n) is 1.61. The number of carbonyl (C=O) groups is 2. The molecule has 1 atom stereocenters. The van der Waals surface area contributed by atoms with Crippen molar-refractivity contribution in [3.63, 3.8) is 0 Å². The van der Waals surface area contributed by atoms with E-state index in [9.17, 15) is 9.59 Å². The van der Waals surface area contributed by atoms with Crippen LogP contribution in [-0.4, -0.2) is 41.1 Å². The molecule has 2 N–H and O–H groups in total. The first-order valence-corrected chi connectivity index (χ1v) is 5.75. The van der Waals surface area contributed by atoms with Gasteiger partial charge in [-0.3, -0.25) is 4.79 Å². The zero-order valence-corrected chi connectivity index (χ0v) is 10.8. The summed E-state index contributed by atoms with van der Waals surface area (Å²) in [5.41, 5.74) is 0. The van der Waals surface area contributed by atoms with Gasteiger partial charge in [0, 0.05) is 12.6 Å². The minimum Gasteiger partial charge on any atom is -0.480 e. The Morgan fingerprint density at radius 3 is 2.41 bits per heavy atom. The van der Waals surface area contributed by atoms with Crippen molar-refractivity contribution in [2.45, 2.75) is 33.2 Å². The number of carbonyl (C=O) groups excluding carboxylic acids is 1. The SMILES string of the molecule is C=CCN(CC(=O)O)C(=O)NC(C)CC(C)C. The van der Waals surface area contributed by atoms with Gasteiger partial charge in [-0.15, -0.1) is 6.58 Å². The molecule has 0 spiro atoms. The zero-order valence-electron chi connectivity index (χ0n) is 10.8. The van der Waals surface area contributed by atoms with E-state index in [4.69, 9.17) is 5.11 Å². The molecule has 0 aromatic rings. The van der Waals surface area contributed by atoms with Gasteiger partial charge in [0.25, 0.3) is 0 Å². The Labute approximate surface area is 102 Å². The van der Waals surface area contributed by atoms with E-state index >= 15 is 0 Å². The van der Waals surface area contributed by atoms with E-state index in [1.165, 1.54) is 11.0 Å². The predicted octanol–water partition coefficient (Wildman–Crippen LogP) is 1.70. The van der Waals surface area contributed by atoms with Gasteiger partial charge in [0.05, 0.1) is 0 Å². The molecular formula is C12H22N2O3. The van der Waals surface area contributed by atoms with Gasteiger partial charge in [0.15, 0.2) is 0 Å². The lowest BCUT2D eigenvalue weighted by atomic mass is 10.1. The summed E-state index contributed by atoms with van der Waals surface area (Å²) in [6.45, 7) is 9.47. The molecule has 17 heavy (non-hydrogen) atoms. The Hall–Kier alpha value is -1.52. The lowest BCUT2D eigenvalue weighted by molar-refractivity contribution is -0.137. The number of nitrogens with one attached hydrogen (secondary N) is 1. The topological polar surface area (TPSA) is 69.6 Å². The summed E-state index contributed by atoms with van der Waals surface area (Å²) < 4.78 is 0. The Morgan fingerprint density at radius 1 is 1.41 bits per heavy atom. The van der Waals surface area contributed by atoms with Gasteiger partial charge < -0.3 is 15.3 Å². The van der Waals surface area contributed by atoms with Crippen LogP contribution in [0.1, 0.15) is 27.2 Å². The Morgan fingerprint density at radius 2 is 2.00 bits per heavy atom. The second-order valence-corrected chi connectivity index (χ2v) is 4.54. The Balaban J connectivity index is 4.30. The van der Waals surface area contributed by atoms with Crippen molar-refractivity contribution in [3.8, 4) is 0 Å². The van der Waals surface area contributed by atoms with Crippen LogP contribution in [0.25, 0.3) is 0 Å². The summed E-state index contributed by atoms with van der Waals surface area (Å²) in [7, 11) is 0. The van der Waals surface area contributed by atoms with Gasteiger partial charge >= 0.3 is 12.0 Å². The smallest absolute Gasteiger partial charge is 0.323 e. The highest BCUT2D eigenvalue weighted by atomic mass is 16.4. The highest BCUT2D eigenvalue weighted by Crippen LogP contribution is 2.04. The van der Waals surface area contributed by atoms with Crippen LogP contribution >= 0.6 is 0 Å². The van der Waals surface area contributed by atoms with Crippen LogP contribution in [0.5, 0.6) is 0 Å². The third-order valence-corrected chi connectivity index (χ3v) is 2.16. The van der Waals surface area contributed by atoms with Gasteiger partial charge in [0.1, 0.15) is 6.54 Å². The number of amides is 2. The van der Waals surface area contributed by atoms with Crippen LogP contribution in [-0.2, 0) is 4.79 Å². The second-order valence-electron chi connectivity index (χ2n) is 4.54. The molecule has 0 rings (SSSR count). The molecular weight excluding hydrogens is 220 g/mol. The molecule has 2 amide bonds. The third kappa shape index (κ3) is 7.38. The molecule has 0 aromatic carbocycles. The fourth-order valence-corrected chi connectivity index (χ4v) is 1.61. The lowest BCUT2D eigenvalue weighted by Crippen LogP contribution is -2.46. The molecule has 0 heterocycles. The fraction of sp³-hybridized carbons (Fsp3) is 0.667. The maximum atomic E-state index is 11.8. The number of carboxylic acid groups (broad SMARTS) is 1. The maximum Gasteiger partial charge on any atom is 0.323 e. The van der Waals surface area contributed by atoms with Gasteiger partial charge in [-0.1, -0.05) is 19.9 Å².